The number of halogens is 3. The summed E-state index contributed by atoms with van der Waals surface area (Å²) in [5.74, 6) is 0.0669. The number of methoxy groups -OCH3 is 1. The molecule has 1 aromatic rings. The van der Waals surface area contributed by atoms with Gasteiger partial charge in [-0.25, -0.2) is 0 Å². The van der Waals surface area contributed by atoms with E-state index >= 15 is 0 Å². The zero-order valence-electron chi connectivity index (χ0n) is 9.79. The lowest BCUT2D eigenvalue weighted by molar-refractivity contribution is -0.0513. The molecule has 1 rings (SSSR count). The Kier molecular flexibility index (Phi) is 6.89. The summed E-state index contributed by atoms with van der Waals surface area (Å²) in [5.41, 5.74) is 3.10. The van der Waals surface area contributed by atoms with Gasteiger partial charge in [0.25, 0.3) is 0 Å². The minimum absolute atomic E-state index is 0.0669. The van der Waals surface area contributed by atoms with Crippen LogP contribution in [0.2, 0.25) is 5.02 Å². The van der Waals surface area contributed by atoms with E-state index in [0.717, 1.165) is 0 Å². The van der Waals surface area contributed by atoms with Crippen molar-refractivity contribution in [1.29, 1.82) is 0 Å². The van der Waals surface area contributed by atoms with Gasteiger partial charge in [0.2, 0.25) is 0 Å². The second-order valence-electron chi connectivity index (χ2n) is 3.29. The van der Waals surface area contributed by atoms with Gasteiger partial charge in [-0.2, -0.15) is 14.3 Å². The van der Waals surface area contributed by atoms with Crippen LogP contribution < -0.4 is 10.2 Å². The number of hydrogen-bond acceptors (Lipinski definition) is 4. The molecule has 0 aliphatic carbocycles. The third-order valence-electron chi connectivity index (χ3n) is 1.99. The summed E-state index contributed by atoms with van der Waals surface area (Å²) in [6, 6.07) is 4.40. The number of hydrogen-bond donors (Lipinski definition) is 1. The second kappa shape index (κ2) is 8.20. The maximum Gasteiger partial charge on any atom is 0.387 e. The predicted molar refractivity (Wildman–Crippen MR) is 62.8 cm³/mol. The molecule has 0 saturated heterocycles. The third-order valence-corrected chi connectivity index (χ3v) is 2.23. The van der Waals surface area contributed by atoms with E-state index < -0.39 is 6.61 Å². The van der Waals surface area contributed by atoms with Gasteiger partial charge in [0.1, 0.15) is 5.75 Å². The first-order valence-electron chi connectivity index (χ1n) is 5.20. The van der Waals surface area contributed by atoms with Gasteiger partial charge in [-0.15, -0.1) is 0 Å². The van der Waals surface area contributed by atoms with Crippen molar-refractivity contribution in [2.45, 2.75) is 13.2 Å². The summed E-state index contributed by atoms with van der Waals surface area (Å²) in [6.45, 7) is -1.89. The maximum atomic E-state index is 12.2. The van der Waals surface area contributed by atoms with Crippen LogP contribution in [-0.4, -0.2) is 26.9 Å². The predicted octanol–water partition coefficient (Wildman–Crippen LogP) is 2.61. The van der Waals surface area contributed by atoms with E-state index in [4.69, 9.17) is 21.2 Å². The van der Waals surface area contributed by atoms with E-state index in [-0.39, 0.29) is 12.3 Å². The molecule has 18 heavy (non-hydrogen) atoms. The van der Waals surface area contributed by atoms with Gasteiger partial charge in [-0.3, -0.25) is 4.84 Å². The summed E-state index contributed by atoms with van der Waals surface area (Å²) in [6.07, 6.45) is 0. The van der Waals surface area contributed by atoms with Crippen LogP contribution in [0.15, 0.2) is 18.2 Å². The molecule has 4 nitrogen and oxygen atoms in total. The van der Waals surface area contributed by atoms with E-state index in [0.29, 0.717) is 23.8 Å². The number of benzene rings is 1. The van der Waals surface area contributed by atoms with Crippen LogP contribution in [0.4, 0.5) is 8.78 Å². The molecule has 0 saturated carbocycles. The highest BCUT2D eigenvalue weighted by Gasteiger charge is 2.10. The fourth-order valence-electron chi connectivity index (χ4n) is 1.22. The van der Waals surface area contributed by atoms with Crippen LogP contribution >= 0.6 is 11.6 Å². The van der Waals surface area contributed by atoms with Gasteiger partial charge in [0, 0.05) is 24.2 Å². The van der Waals surface area contributed by atoms with Crippen LogP contribution in [0.1, 0.15) is 5.56 Å². The minimum atomic E-state index is -2.88. The quantitative estimate of drug-likeness (QED) is 0.587. The molecule has 1 N–H and O–H groups in total. The van der Waals surface area contributed by atoms with Gasteiger partial charge in [0.05, 0.1) is 13.2 Å². The van der Waals surface area contributed by atoms with Crippen molar-refractivity contribution in [3.63, 3.8) is 0 Å². The highest BCUT2D eigenvalue weighted by Crippen LogP contribution is 2.24. The van der Waals surface area contributed by atoms with Crippen molar-refractivity contribution in [2.75, 3.05) is 20.3 Å². The molecule has 0 aliphatic rings. The van der Waals surface area contributed by atoms with E-state index in [1.165, 1.54) is 18.2 Å². The Labute approximate surface area is 109 Å². The molecule has 0 unspecified atom stereocenters. The SMILES string of the molecule is COCCONCc1cc(Cl)ccc1OC(F)F. The van der Waals surface area contributed by atoms with E-state index in [2.05, 4.69) is 10.2 Å². The first kappa shape index (κ1) is 15.1. The van der Waals surface area contributed by atoms with Crippen LogP contribution in [0.3, 0.4) is 0 Å². The summed E-state index contributed by atoms with van der Waals surface area (Å²) >= 11 is 5.78. The van der Waals surface area contributed by atoms with Crippen molar-refractivity contribution in [3.05, 3.63) is 28.8 Å². The summed E-state index contributed by atoms with van der Waals surface area (Å²) < 4.78 is 33.5. The zero-order valence-corrected chi connectivity index (χ0v) is 10.5. The van der Waals surface area contributed by atoms with E-state index in [9.17, 15) is 8.78 Å². The summed E-state index contributed by atoms with van der Waals surface area (Å²) in [4.78, 5) is 5.02. The molecular formula is C11H14ClF2NO3. The molecule has 0 amide bonds. The molecule has 102 valence electrons. The number of nitrogens with one attached hydrogen (secondary N) is 1. The van der Waals surface area contributed by atoms with Crippen molar-refractivity contribution in [3.8, 4) is 5.75 Å². The molecule has 0 spiro atoms. The van der Waals surface area contributed by atoms with E-state index in [1.807, 2.05) is 0 Å². The van der Waals surface area contributed by atoms with Crippen molar-refractivity contribution >= 4 is 11.6 Å². The van der Waals surface area contributed by atoms with Crippen molar-refractivity contribution in [1.82, 2.24) is 5.48 Å². The first-order valence-corrected chi connectivity index (χ1v) is 5.58. The molecule has 0 aliphatic heterocycles. The smallest absolute Gasteiger partial charge is 0.387 e. The Morgan fingerprint density at radius 1 is 1.33 bits per heavy atom. The molecule has 0 aromatic heterocycles. The summed E-state index contributed by atoms with van der Waals surface area (Å²) in [5, 5.41) is 0.435. The highest BCUT2D eigenvalue weighted by atomic mass is 35.5. The molecule has 1 aromatic carbocycles. The van der Waals surface area contributed by atoms with Crippen molar-refractivity contribution in [2.24, 2.45) is 0 Å². The second-order valence-corrected chi connectivity index (χ2v) is 3.73. The first-order chi connectivity index (χ1) is 8.63. The molecule has 0 bridgehead atoms. The standard InChI is InChI=1S/C11H14ClF2NO3/c1-16-4-5-17-15-7-8-6-9(12)2-3-10(8)18-11(13)14/h2-3,6,11,15H,4-5,7H2,1H3. The summed E-state index contributed by atoms with van der Waals surface area (Å²) in [7, 11) is 1.55. The maximum absolute atomic E-state index is 12.2. The third kappa shape index (κ3) is 5.59. The largest absolute Gasteiger partial charge is 0.434 e. The van der Waals surface area contributed by atoms with Crippen LogP contribution in [-0.2, 0) is 16.1 Å². The van der Waals surface area contributed by atoms with Gasteiger partial charge >= 0.3 is 6.61 Å². The number of hydroxylamine groups is 1. The van der Waals surface area contributed by atoms with E-state index in [1.54, 1.807) is 7.11 Å². The van der Waals surface area contributed by atoms with Crippen LogP contribution in [0.25, 0.3) is 0 Å². The van der Waals surface area contributed by atoms with Crippen LogP contribution in [0, 0.1) is 0 Å². The average molecular weight is 282 g/mol. The Balaban J connectivity index is 2.53. The minimum Gasteiger partial charge on any atom is -0.434 e. The fraction of sp³-hybridized carbons (Fsp3) is 0.455. The number of alkyl halides is 2. The lowest BCUT2D eigenvalue weighted by Gasteiger charge is -2.12. The highest BCUT2D eigenvalue weighted by molar-refractivity contribution is 6.30. The number of ether oxygens (including phenoxy) is 2. The molecule has 0 heterocycles. The normalized spacial score (nSPS) is 10.9. The Morgan fingerprint density at radius 2 is 2.11 bits per heavy atom. The molecule has 0 radical (unpaired) electrons. The lowest BCUT2D eigenvalue weighted by atomic mass is 10.2. The molecular weight excluding hydrogens is 268 g/mol. The lowest BCUT2D eigenvalue weighted by Crippen LogP contribution is -2.18. The van der Waals surface area contributed by atoms with Gasteiger partial charge in [-0.1, -0.05) is 11.6 Å². The van der Waals surface area contributed by atoms with Gasteiger partial charge in [0.15, 0.2) is 0 Å². The Morgan fingerprint density at radius 3 is 2.78 bits per heavy atom. The topological polar surface area (TPSA) is 39.7 Å². The monoisotopic (exact) mass is 281 g/mol. The Hall–Kier alpha value is -0.950. The van der Waals surface area contributed by atoms with Gasteiger partial charge in [-0.05, 0) is 18.2 Å². The molecule has 0 fully saturated rings. The zero-order chi connectivity index (χ0) is 13.4. The average Bonchev–Trinajstić information content (AvgIpc) is 2.31. The fourth-order valence-corrected chi connectivity index (χ4v) is 1.42. The number of rotatable bonds is 8. The van der Waals surface area contributed by atoms with Gasteiger partial charge < -0.3 is 9.47 Å². The van der Waals surface area contributed by atoms with Crippen LogP contribution in [0.5, 0.6) is 5.75 Å². The molecule has 7 heteroatoms. The Bertz CT molecular complexity index is 366. The molecule has 0 atom stereocenters. The van der Waals surface area contributed by atoms with Crippen molar-refractivity contribution < 1.29 is 23.1 Å².